The minimum atomic E-state index is -0.474. The van der Waals surface area contributed by atoms with Gasteiger partial charge in [-0.2, -0.15) is 0 Å². The normalized spacial score (nSPS) is 11.5. The maximum atomic E-state index is 11.7. The van der Waals surface area contributed by atoms with E-state index in [9.17, 15) is 14.9 Å². The van der Waals surface area contributed by atoms with Crippen LogP contribution in [0.4, 0.5) is 5.69 Å². The Bertz CT molecular complexity index is 1070. The molecule has 0 fully saturated rings. The Balaban J connectivity index is 2.07. The molecule has 0 spiro atoms. The molecule has 0 bridgehead atoms. The summed E-state index contributed by atoms with van der Waals surface area (Å²) in [5.41, 5.74) is 7.85. The maximum Gasteiger partial charge on any atom is 0.280 e. The smallest absolute Gasteiger partial charge is 0.280 e. The average molecular weight is 407 g/mol. The van der Waals surface area contributed by atoms with Gasteiger partial charge in [0.05, 0.1) is 30.8 Å². The third kappa shape index (κ3) is 4.54. The Hall–Kier alpha value is -3.94. The maximum absolute atomic E-state index is 11.7. The highest BCUT2D eigenvalue weighted by molar-refractivity contribution is 5.77. The van der Waals surface area contributed by atoms with Crippen molar-refractivity contribution in [1.29, 1.82) is 0 Å². The van der Waals surface area contributed by atoms with Crippen molar-refractivity contribution < 1.29 is 19.2 Å². The second-order valence-corrected chi connectivity index (χ2v) is 6.61. The summed E-state index contributed by atoms with van der Waals surface area (Å²) in [6.07, 6.45) is 1.61. The Morgan fingerprint density at radius 2 is 1.73 bits per heavy atom. The Labute approximate surface area is 173 Å². The van der Waals surface area contributed by atoms with Gasteiger partial charge >= 0.3 is 0 Å². The molecule has 30 heavy (non-hydrogen) atoms. The minimum absolute atomic E-state index is 0.0491. The number of methoxy groups -OCH3 is 2. The number of nitro benzene ring substituents is 1. The van der Waals surface area contributed by atoms with Crippen LogP contribution in [0.5, 0.6) is 11.5 Å². The van der Waals surface area contributed by atoms with Gasteiger partial charge in [0.15, 0.2) is 0 Å². The van der Waals surface area contributed by atoms with Crippen LogP contribution in [0, 0.1) is 10.1 Å². The predicted octanol–water partition coefficient (Wildman–Crippen LogP) is 3.68. The van der Waals surface area contributed by atoms with Gasteiger partial charge in [-0.05, 0) is 47.5 Å². The van der Waals surface area contributed by atoms with E-state index in [-0.39, 0.29) is 12.1 Å². The number of amides is 1. The predicted molar refractivity (Wildman–Crippen MR) is 112 cm³/mol. The van der Waals surface area contributed by atoms with Crippen LogP contribution in [0.2, 0.25) is 0 Å². The number of aromatic nitrogens is 1. The number of nitro groups is 1. The third-order valence-electron chi connectivity index (χ3n) is 4.77. The summed E-state index contributed by atoms with van der Waals surface area (Å²) in [5, 5.41) is 11.6. The highest BCUT2D eigenvalue weighted by Crippen LogP contribution is 2.35. The molecule has 1 unspecified atom stereocenters. The summed E-state index contributed by atoms with van der Waals surface area (Å²) in [7, 11) is 3.02. The zero-order chi connectivity index (χ0) is 21.7. The van der Waals surface area contributed by atoms with Gasteiger partial charge < -0.3 is 15.2 Å². The van der Waals surface area contributed by atoms with Gasteiger partial charge in [0, 0.05) is 24.2 Å². The van der Waals surface area contributed by atoms with Crippen molar-refractivity contribution in [2.24, 2.45) is 5.73 Å². The van der Waals surface area contributed by atoms with Crippen molar-refractivity contribution in [2.45, 2.75) is 12.3 Å². The van der Waals surface area contributed by atoms with E-state index in [0.717, 1.165) is 5.56 Å². The second kappa shape index (κ2) is 9.04. The van der Waals surface area contributed by atoms with Crippen LogP contribution >= 0.6 is 0 Å². The quantitative estimate of drug-likeness (QED) is 0.449. The van der Waals surface area contributed by atoms with E-state index >= 15 is 0 Å². The lowest BCUT2D eigenvalue weighted by Gasteiger charge is -2.17. The lowest BCUT2D eigenvalue weighted by atomic mass is 9.90. The molecule has 0 saturated heterocycles. The topological polar surface area (TPSA) is 118 Å². The number of pyridine rings is 1. The van der Waals surface area contributed by atoms with Crippen LogP contribution in [0.25, 0.3) is 11.1 Å². The molecule has 3 aromatic rings. The van der Waals surface area contributed by atoms with Crippen molar-refractivity contribution in [3.63, 3.8) is 0 Å². The van der Waals surface area contributed by atoms with E-state index in [1.165, 1.54) is 13.2 Å². The van der Waals surface area contributed by atoms with Crippen molar-refractivity contribution in [1.82, 2.24) is 4.98 Å². The first kappa shape index (κ1) is 20.8. The highest BCUT2D eigenvalue weighted by atomic mass is 16.6. The standard InChI is InChI=1S/C22H21N3O5/c1-29-16-5-3-14(4-6-16)19(13-22(23)26)20-11-15(9-10-24-20)18-8-7-17(30-2)12-21(18)25(27)28/h3-12,19H,13H2,1-2H3,(H2,23,26). The number of hydrogen-bond donors (Lipinski definition) is 1. The van der Waals surface area contributed by atoms with Gasteiger partial charge in [0.25, 0.3) is 5.69 Å². The number of carbonyl (C=O) groups is 1. The summed E-state index contributed by atoms with van der Waals surface area (Å²) in [6, 6.07) is 15.4. The van der Waals surface area contributed by atoms with Gasteiger partial charge in [-0.3, -0.25) is 19.9 Å². The lowest BCUT2D eigenvalue weighted by Crippen LogP contribution is -2.17. The fraction of sp³-hybridized carbons (Fsp3) is 0.182. The molecule has 0 aliphatic carbocycles. The lowest BCUT2D eigenvalue weighted by molar-refractivity contribution is -0.384. The number of nitrogens with two attached hydrogens (primary N) is 1. The molecule has 154 valence electrons. The Morgan fingerprint density at radius 1 is 1.07 bits per heavy atom. The number of nitrogens with zero attached hydrogens (tertiary/aromatic N) is 2. The van der Waals surface area contributed by atoms with Crippen molar-refractivity contribution in [3.05, 3.63) is 82.2 Å². The molecule has 2 N–H and O–H groups in total. The molecule has 1 heterocycles. The zero-order valence-electron chi connectivity index (χ0n) is 16.6. The van der Waals surface area contributed by atoms with Gasteiger partial charge in [-0.1, -0.05) is 12.1 Å². The number of rotatable bonds is 8. The van der Waals surface area contributed by atoms with E-state index in [4.69, 9.17) is 15.2 Å². The Morgan fingerprint density at radius 3 is 2.33 bits per heavy atom. The van der Waals surface area contributed by atoms with Crippen molar-refractivity contribution >= 4 is 11.6 Å². The van der Waals surface area contributed by atoms with Gasteiger partial charge in [-0.25, -0.2) is 0 Å². The summed E-state index contributed by atoms with van der Waals surface area (Å²) in [6.45, 7) is 0. The largest absolute Gasteiger partial charge is 0.497 e. The van der Waals surface area contributed by atoms with E-state index in [1.807, 2.05) is 12.1 Å². The number of ether oxygens (including phenoxy) is 2. The van der Waals surface area contributed by atoms with Crippen LogP contribution in [-0.4, -0.2) is 30.0 Å². The monoisotopic (exact) mass is 407 g/mol. The molecule has 3 rings (SSSR count). The molecule has 1 amide bonds. The molecule has 0 saturated carbocycles. The molecule has 1 atom stereocenters. The summed E-state index contributed by atoms with van der Waals surface area (Å²) >= 11 is 0. The number of benzene rings is 2. The van der Waals surface area contributed by atoms with E-state index < -0.39 is 16.7 Å². The number of primary amides is 1. The fourth-order valence-corrected chi connectivity index (χ4v) is 3.27. The second-order valence-electron chi connectivity index (χ2n) is 6.61. The van der Waals surface area contributed by atoms with Crippen LogP contribution < -0.4 is 15.2 Å². The fourth-order valence-electron chi connectivity index (χ4n) is 3.27. The molecule has 0 radical (unpaired) electrons. The van der Waals surface area contributed by atoms with Crippen LogP contribution in [0.1, 0.15) is 23.6 Å². The van der Waals surface area contributed by atoms with Crippen LogP contribution in [0.3, 0.4) is 0 Å². The first-order valence-electron chi connectivity index (χ1n) is 9.14. The van der Waals surface area contributed by atoms with Crippen molar-refractivity contribution in [2.75, 3.05) is 14.2 Å². The molecule has 8 heteroatoms. The SMILES string of the molecule is COc1ccc(C(CC(N)=O)c2cc(-c3ccc(OC)cc3[N+](=O)[O-])ccn2)cc1. The van der Waals surface area contributed by atoms with Crippen LogP contribution in [0.15, 0.2) is 60.8 Å². The first-order valence-corrected chi connectivity index (χ1v) is 9.14. The molecular weight excluding hydrogens is 386 g/mol. The van der Waals surface area contributed by atoms with Gasteiger partial charge in [0.1, 0.15) is 11.5 Å². The summed E-state index contributed by atoms with van der Waals surface area (Å²) in [4.78, 5) is 27.2. The molecule has 0 aliphatic heterocycles. The number of hydrogen-bond acceptors (Lipinski definition) is 6. The molecule has 8 nitrogen and oxygen atoms in total. The van der Waals surface area contributed by atoms with E-state index in [0.29, 0.717) is 28.3 Å². The highest BCUT2D eigenvalue weighted by Gasteiger charge is 2.21. The summed E-state index contributed by atoms with van der Waals surface area (Å²) < 4.78 is 10.3. The zero-order valence-corrected chi connectivity index (χ0v) is 16.6. The molecule has 0 aliphatic rings. The molecular formula is C22H21N3O5. The van der Waals surface area contributed by atoms with E-state index in [1.54, 1.807) is 49.7 Å². The Kier molecular flexibility index (Phi) is 6.26. The molecule has 1 aromatic heterocycles. The van der Waals surface area contributed by atoms with Gasteiger partial charge in [-0.15, -0.1) is 0 Å². The first-order chi connectivity index (χ1) is 14.4. The van der Waals surface area contributed by atoms with Crippen molar-refractivity contribution in [3.8, 4) is 22.6 Å². The summed E-state index contributed by atoms with van der Waals surface area (Å²) in [5.74, 6) is 0.209. The van der Waals surface area contributed by atoms with E-state index in [2.05, 4.69) is 4.98 Å². The van der Waals surface area contributed by atoms with Crippen LogP contribution in [-0.2, 0) is 4.79 Å². The number of carbonyl (C=O) groups excluding carboxylic acids is 1. The van der Waals surface area contributed by atoms with Gasteiger partial charge in [0.2, 0.25) is 5.91 Å². The third-order valence-corrected chi connectivity index (χ3v) is 4.77. The average Bonchev–Trinajstić information content (AvgIpc) is 2.77. The minimum Gasteiger partial charge on any atom is -0.497 e. The molecule has 2 aromatic carbocycles.